The van der Waals surface area contributed by atoms with Gasteiger partial charge in [-0.25, -0.2) is 0 Å². The standard InChI is InChI=1S/C22H29N3O2/c1-2-3-15-27-21-8-6-19(7-9-21)22(26)24-16-18-10-13-25(14-11-18)20-5-4-12-23-17-20/h4-9,12,17-18H,2-3,10-11,13-16H2,1H3,(H,24,26). The predicted octanol–water partition coefficient (Wildman–Crippen LogP) is 3.91. The third kappa shape index (κ3) is 5.71. The van der Waals surface area contributed by atoms with E-state index < -0.39 is 0 Å². The van der Waals surface area contributed by atoms with Gasteiger partial charge in [0.05, 0.1) is 18.5 Å². The molecule has 2 aromatic rings. The number of rotatable bonds is 8. The van der Waals surface area contributed by atoms with E-state index in [1.54, 1.807) is 6.20 Å². The Morgan fingerprint density at radius 3 is 2.67 bits per heavy atom. The van der Waals surface area contributed by atoms with Gasteiger partial charge in [-0.15, -0.1) is 0 Å². The lowest BCUT2D eigenvalue weighted by Gasteiger charge is -2.33. The van der Waals surface area contributed by atoms with Gasteiger partial charge in [-0.05, 0) is 61.6 Å². The third-order valence-corrected chi connectivity index (χ3v) is 5.06. The number of ether oxygens (including phenoxy) is 1. The Labute approximate surface area is 161 Å². The van der Waals surface area contributed by atoms with Gasteiger partial charge in [0, 0.05) is 31.4 Å². The Kier molecular flexibility index (Phi) is 7.08. The second-order valence-electron chi connectivity index (χ2n) is 7.08. The summed E-state index contributed by atoms with van der Waals surface area (Å²) in [7, 11) is 0. The van der Waals surface area contributed by atoms with E-state index in [2.05, 4.69) is 28.2 Å². The van der Waals surface area contributed by atoms with Crippen LogP contribution in [0.5, 0.6) is 5.75 Å². The van der Waals surface area contributed by atoms with Gasteiger partial charge >= 0.3 is 0 Å². The Hall–Kier alpha value is -2.56. The van der Waals surface area contributed by atoms with Crippen molar-refractivity contribution in [2.45, 2.75) is 32.6 Å². The monoisotopic (exact) mass is 367 g/mol. The van der Waals surface area contributed by atoms with Gasteiger partial charge in [0.2, 0.25) is 0 Å². The molecule has 0 atom stereocenters. The largest absolute Gasteiger partial charge is 0.494 e. The SMILES string of the molecule is CCCCOc1ccc(C(=O)NCC2CCN(c3cccnc3)CC2)cc1. The highest BCUT2D eigenvalue weighted by Crippen LogP contribution is 2.22. The van der Waals surface area contributed by atoms with Crippen LogP contribution in [-0.4, -0.2) is 37.1 Å². The van der Waals surface area contributed by atoms with Crippen molar-refractivity contribution in [2.75, 3.05) is 31.1 Å². The molecule has 0 radical (unpaired) electrons. The molecule has 5 nitrogen and oxygen atoms in total. The molecule has 0 saturated carbocycles. The zero-order chi connectivity index (χ0) is 18.9. The van der Waals surface area contributed by atoms with Gasteiger partial charge in [-0.3, -0.25) is 9.78 Å². The lowest BCUT2D eigenvalue weighted by Crippen LogP contribution is -2.38. The summed E-state index contributed by atoms with van der Waals surface area (Å²) in [4.78, 5) is 18.9. The summed E-state index contributed by atoms with van der Waals surface area (Å²) in [5.41, 5.74) is 1.87. The summed E-state index contributed by atoms with van der Waals surface area (Å²) in [5.74, 6) is 1.34. The van der Waals surface area contributed by atoms with Crippen LogP contribution < -0.4 is 15.0 Å². The summed E-state index contributed by atoms with van der Waals surface area (Å²) < 4.78 is 5.64. The van der Waals surface area contributed by atoms with Gasteiger partial charge in [0.25, 0.3) is 5.91 Å². The molecule has 1 amide bonds. The molecule has 1 aromatic carbocycles. The smallest absolute Gasteiger partial charge is 0.251 e. The molecule has 2 heterocycles. The fraction of sp³-hybridized carbons (Fsp3) is 0.455. The molecular formula is C22H29N3O2. The molecule has 1 saturated heterocycles. The van der Waals surface area contributed by atoms with E-state index in [1.807, 2.05) is 36.5 Å². The minimum Gasteiger partial charge on any atom is -0.494 e. The maximum Gasteiger partial charge on any atom is 0.251 e. The summed E-state index contributed by atoms with van der Waals surface area (Å²) in [5, 5.41) is 3.08. The maximum absolute atomic E-state index is 12.4. The number of hydrogen-bond acceptors (Lipinski definition) is 4. The van der Waals surface area contributed by atoms with Crippen molar-refractivity contribution < 1.29 is 9.53 Å². The molecule has 1 N–H and O–H groups in total. The van der Waals surface area contributed by atoms with Crippen LogP contribution in [-0.2, 0) is 0 Å². The van der Waals surface area contributed by atoms with E-state index in [0.717, 1.165) is 57.7 Å². The van der Waals surface area contributed by atoms with E-state index in [9.17, 15) is 4.79 Å². The van der Waals surface area contributed by atoms with E-state index in [1.165, 1.54) is 5.69 Å². The summed E-state index contributed by atoms with van der Waals surface area (Å²) in [6.07, 6.45) is 8.04. The number of anilines is 1. The number of carbonyl (C=O) groups is 1. The number of benzene rings is 1. The van der Waals surface area contributed by atoms with Crippen LogP contribution in [0.1, 0.15) is 43.0 Å². The topological polar surface area (TPSA) is 54.5 Å². The number of nitrogens with zero attached hydrogens (tertiary/aromatic N) is 2. The summed E-state index contributed by atoms with van der Waals surface area (Å²) >= 11 is 0. The first-order valence-electron chi connectivity index (χ1n) is 9.92. The third-order valence-electron chi connectivity index (χ3n) is 5.06. The predicted molar refractivity (Wildman–Crippen MR) is 108 cm³/mol. The van der Waals surface area contributed by atoms with Crippen molar-refractivity contribution in [1.29, 1.82) is 0 Å². The second kappa shape index (κ2) is 9.95. The van der Waals surface area contributed by atoms with Crippen LogP contribution in [0.3, 0.4) is 0 Å². The van der Waals surface area contributed by atoms with Crippen molar-refractivity contribution in [3.63, 3.8) is 0 Å². The summed E-state index contributed by atoms with van der Waals surface area (Å²) in [6, 6.07) is 11.5. The highest BCUT2D eigenvalue weighted by atomic mass is 16.5. The Morgan fingerprint density at radius 1 is 1.22 bits per heavy atom. The number of nitrogens with one attached hydrogen (secondary N) is 1. The van der Waals surface area contributed by atoms with Gasteiger partial charge in [-0.2, -0.15) is 0 Å². The molecule has 1 fully saturated rings. The quantitative estimate of drug-likeness (QED) is 0.719. The lowest BCUT2D eigenvalue weighted by atomic mass is 9.96. The van der Waals surface area contributed by atoms with Crippen LogP contribution in [0, 0.1) is 5.92 Å². The molecule has 3 rings (SSSR count). The average Bonchev–Trinajstić information content (AvgIpc) is 2.74. The van der Waals surface area contributed by atoms with Crippen LogP contribution >= 0.6 is 0 Å². The van der Waals surface area contributed by atoms with Gasteiger partial charge < -0.3 is 15.0 Å². The number of aromatic nitrogens is 1. The number of amides is 1. The van der Waals surface area contributed by atoms with Crippen molar-refractivity contribution >= 4 is 11.6 Å². The Bertz CT molecular complexity index is 695. The van der Waals surface area contributed by atoms with Crippen LogP contribution in [0.2, 0.25) is 0 Å². The van der Waals surface area contributed by atoms with Gasteiger partial charge in [0.15, 0.2) is 0 Å². The molecular weight excluding hydrogens is 338 g/mol. The van der Waals surface area contributed by atoms with E-state index >= 15 is 0 Å². The Morgan fingerprint density at radius 2 is 2.00 bits per heavy atom. The molecule has 1 aliphatic rings. The Balaban J connectivity index is 1.40. The number of carbonyl (C=O) groups excluding carboxylic acids is 1. The fourth-order valence-electron chi connectivity index (χ4n) is 3.31. The molecule has 0 unspecified atom stereocenters. The number of piperidine rings is 1. The highest BCUT2D eigenvalue weighted by molar-refractivity contribution is 5.94. The summed E-state index contributed by atoms with van der Waals surface area (Å²) in [6.45, 7) is 5.61. The van der Waals surface area contributed by atoms with Crippen molar-refractivity contribution in [2.24, 2.45) is 5.92 Å². The van der Waals surface area contributed by atoms with Crippen molar-refractivity contribution in [3.05, 3.63) is 54.4 Å². The molecule has 144 valence electrons. The number of pyridine rings is 1. The van der Waals surface area contributed by atoms with Gasteiger partial charge in [-0.1, -0.05) is 13.3 Å². The van der Waals surface area contributed by atoms with E-state index in [-0.39, 0.29) is 5.91 Å². The highest BCUT2D eigenvalue weighted by Gasteiger charge is 2.20. The average molecular weight is 367 g/mol. The number of hydrogen-bond donors (Lipinski definition) is 1. The lowest BCUT2D eigenvalue weighted by molar-refractivity contribution is 0.0945. The van der Waals surface area contributed by atoms with Crippen molar-refractivity contribution in [1.82, 2.24) is 10.3 Å². The minimum atomic E-state index is -0.00945. The van der Waals surface area contributed by atoms with E-state index in [4.69, 9.17) is 4.74 Å². The van der Waals surface area contributed by atoms with Crippen molar-refractivity contribution in [3.8, 4) is 5.75 Å². The molecule has 27 heavy (non-hydrogen) atoms. The zero-order valence-corrected chi connectivity index (χ0v) is 16.1. The zero-order valence-electron chi connectivity index (χ0n) is 16.1. The molecule has 0 bridgehead atoms. The minimum absolute atomic E-state index is 0.00945. The first kappa shape index (κ1) is 19.2. The fourth-order valence-corrected chi connectivity index (χ4v) is 3.31. The maximum atomic E-state index is 12.4. The van der Waals surface area contributed by atoms with Crippen LogP contribution in [0.25, 0.3) is 0 Å². The van der Waals surface area contributed by atoms with Crippen LogP contribution in [0.15, 0.2) is 48.8 Å². The molecule has 1 aliphatic heterocycles. The molecule has 1 aromatic heterocycles. The first-order valence-corrected chi connectivity index (χ1v) is 9.92. The van der Waals surface area contributed by atoms with E-state index in [0.29, 0.717) is 11.5 Å². The van der Waals surface area contributed by atoms with Gasteiger partial charge in [0.1, 0.15) is 5.75 Å². The first-order chi connectivity index (χ1) is 13.3. The van der Waals surface area contributed by atoms with Crippen LogP contribution in [0.4, 0.5) is 5.69 Å². The number of unbranched alkanes of at least 4 members (excludes halogenated alkanes) is 1. The molecule has 5 heteroatoms. The molecule has 0 aliphatic carbocycles. The second-order valence-corrected chi connectivity index (χ2v) is 7.08. The molecule has 0 spiro atoms. The normalized spacial score (nSPS) is 14.8.